The van der Waals surface area contributed by atoms with Crippen LogP contribution in [0.2, 0.25) is 0 Å². The van der Waals surface area contributed by atoms with E-state index >= 15 is 0 Å². The van der Waals surface area contributed by atoms with Gasteiger partial charge in [-0.25, -0.2) is 0 Å². The number of nitrogens with one attached hydrogen (secondary N) is 2. The highest BCUT2D eigenvalue weighted by Crippen LogP contribution is 2.35. The molecule has 0 heterocycles. The van der Waals surface area contributed by atoms with E-state index < -0.39 is 0 Å². The standard InChI is InChI=1S/C16H32N4/c1-13-6-5-9-16(10-13,20(3)4)12-19-15(17-2)18-11-14-7-8-14/h13-14H,5-12H2,1-4H3,(H2,17,18,19). The van der Waals surface area contributed by atoms with Crippen LogP contribution in [0.1, 0.15) is 45.4 Å². The average Bonchev–Trinajstić information content (AvgIpc) is 3.23. The zero-order valence-electron chi connectivity index (χ0n) is 13.7. The Morgan fingerprint density at radius 1 is 1.25 bits per heavy atom. The minimum Gasteiger partial charge on any atom is -0.356 e. The summed E-state index contributed by atoms with van der Waals surface area (Å²) in [6, 6.07) is 0. The van der Waals surface area contributed by atoms with E-state index in [9.17, 15) is 0 Å². The van der Waals surface area contributed by atoms with Crippen LogP contribution in [0.25, 0.3) is 0 Å². The molecule has 4 heteroatoms. The van der Waals surface area contributed by atoms with Gasteiger partial charge in [0.15, 0.2) is 5.96 Å². The molecule has 0 radical (unpaired) electrons. The Hall–Kier alpha value is -0.770. The van der Waals surface area contributed by atoms with Gasteiger partial charge in [-0.2, -0.15) is 0 Å². The van der Waals surface area contributed by atoms with Crippen LogP contribution >= 0.6 is 0 Å². The van der Waals surface area contributed by atoms with Gasteiger partial charge in [0.1, 0.15) is 0 Å². The Morgan fingerprint density at radius 3 is 2.55 bits per heavy atom. The summed E-state index contributed by atoms with van der Waals surface area (Å²) in [6.45, 7) is 4.46. The van der Waals surface area contributed by atoms with Gasteiger partial charge in [0.2, 0.25) is 0 Å². The number of likely N-dealkylation sites (N-methyl/N-ethyl adjacent to an activating group) is 1. The second-order valence-electron chi connectivity index (χ2n) is 7.07. The van der Waals surface area contributed by atoms with Gasteiger partial charge in [-0.3, -0.25) is 4.99 Å². The van der Waals surface area contributed by atoms with E-state index in [1.54, 1.807) is 0 Å². The van der Waals surface area contributed by atoms with Crippen molar-refractivity contribution in [2.45, 2.75) is 51.0 Å². The predicted octanol–water partition coefficient (Wildman–Crippen LogP) is 2.07. The second-order valence-corrected chi connectivity index (χ2v) is 7.07. The SMILES string of the molecule is CN=C(NCC1CC1)NCC1(N(C)C)CCCC(C)C1. The Balaban J connectivity index is 1.86. The maximum absolute atomic E-state index is 4.36. The first-order valence-corrected chi connectivity index (χ1v) is 8.18. The molecule has 0 spiro atoms. The quantitative estimate of drug-likeness (QED) is 0.598. The molecule has 116 valence electrons. The molecule has 2 aliphatic rings. The van der Waals surface area contributed by atoms with E-state index in [0.717, 1.165) is 30.9 Å². The highest BCUT2D eigenvalue weighted by molar-refractivity contribution is 5.79. The van der Waals surface area contributed by atoms with Gasteiger partial charge in [-0.15, -0.1) is 0 Å². The lowest BCUT2D eigenvalue weighted by atomic mass is 9.75. The van der Waals surface area contributed by atoms with Crippen molar-refractivity contribution in [3.05, 3.63) is 0 Å². The molecular weight excluding hydrogens is 248 g/mol. The molecule has 0 aromatic heterocycles. The lowest BCUT2D eigenvalue weighted by Crippen LogP contribution is -2.56. The van der Waals surface area contributed by atoms with Crippen molar-refractivity contribution in [3.8, 4) is 0 Å². The fraction of sp³-hybridized carbons (Fsp3) is 0.938. The molecule has 4 nitrogen and oxygen atoms in total. The van der Waals surface area contributed by atoms with Crippen molar-refractivity contribution in [2.75, 3.05) is 34.2 Å². The van der Waals surface area contributed by atoms with Crippen LogP contribution in [-0.2, 0) is 0 Å². The minimum atomic E-state index is 0.287. The Labute approximate surface area is 124 Å². The smallest absolute Gasteiger partial charge is 0.191 e. The molecule has 0 amide bonds. The monoisotopic (exact) mass is 280 g/mol. The van der Waals surface area contributed by atoms with Crippen molar-refractivity contribution >= 4 is 5.96 Å². The van der Waals surface area contributed by atoms with Gasteiger partial charge in [0, 0.05) is 25.7 Å². The van der Waals surface area contributed by atoms with Crippen LogP contribution < -0.4 is 10.6 Å². The van der Waals surface area contributed by atoms with Gasteiger partial charge in [-0.1, -0.05) is 19.8 Å². The molecule has 0 saturated heterocycles. The fourth-order valence-electron chi connectivity index (χ4n) is 3.39. The Morgan fingerprint density at radius 2 is 2.00 bits per heavy atom. The van der Waals surface area contributed by atoms with Crippen molar-refractivity contribution < 1.29 is 0 Å². The molecule has 0 bridgehead atoms. The van der Waals surface area contributed by atoms with E-state index in [-0.39, 0.29) is 5.54 Å². The van der Waals surface area contributed by atoms with E-state index in [1.807, 2.05) is 7.05 Å². The largest absolute Gasteiger partial charge is 0.356 e. The molecule has 2 aliphatic carbocycles. The van der Waals surface area contributed by atoms with Crippen molar-refractivity contribution in [1.82, 2.24) is 15.5 Å². The van der Waals surface area contributed by atoms with E-state index in [0.29, 0.717) is 0 Å². The lowest BCUT2D eigenvalue weighted by molar-refractivity contribution is 0.0795. The summed E-state index contributed by atoms with van der Waals surface area (Å²) in [5.74, 6) is 2.68. The summed E-state index contributed by atoms with van der Waals surface area (Å²) in [4.78, 5) is 6.78. The molecule has 2 N–H and O–H groups in total. The topological polar surface area (TPSA) is 39.7 Å². The van der Waals surface area contributed by atoms with Crippen LogP contribution in [0.3, 0.4) is 0 Å². The third kappa shape index (κ3) is 4.11. The highest BCUT2D eigenvalue weighted by atomic mass is 15.2. The molecular formula is C16H32N4. The summed E-state index contributed by atoms with van der Waals surface area (Å²) in [7, 11) is 6.31. The summed E-state index contributed by atoms with van der Waals surface area (Å²) < 4.78 is 0. The van der Waals surface area contributed by atoms with Crippen molar-refractivity contribution in [1.29, 1.82) is 0 Å². The van der Waals surface area contributed by atoms with Crippen LogP contribution in [0.4, 0.5) is 0 Å². The molecule has 2 atom stereocenters. The number of rotatable bonds is 5. The van der Waals surface area contributed by atoms with Gasteiger partial charge < -0.3 is 15.5 Å². The molecule has 2 unspecified atom stereocenters. The third-order valence-corrected chi connectivity index (χ3v) is 5.08. The first-order valence-electron chi connectivity index (χ1n) is 8.18. The maximum Gasteiger partial charge on any atom is 0.191 e. The van der Waals surface area contributed by atoms with E-state index in [1.165, 1.54) is 38.5 Å². The van der Waals surface area contributed by atoms with Gasteiger partial charge in [0.05, 0.1) is 0 Å². The first-order chi connectivity index (χ1) is 9.55. The number of nitrogens with zero attached hydrogens (tertiary/aromatic N) is 2. The minimum absolute atomic E-state index is 0.287. The molecule has 2 fully saturated rings. The summed E-state index contributed by atoms with van der Waals surface area (Å²) in [5, 5.41) is 7.02. The number of hydrogen-bond donors (Lipinski definition) is 2. The lowest BCUT2D eigenvalue weighted by Gasteiger charge is -2.45. The number of guanidine groups is 1. The summed E-state index contributed by atoms with van der Waals surface area (Å²) >= 11 is 0. The van der Waals surface area contributed by atoms with Gasteiger partial charge >= 0.3 is 0 Å². The van der Waals surface area contributed by atoms with Gasteiger partial charge in [-0.05, 0) is 51.6 Å². The fourth-order valence-corrected chi connectivity index (χ4v) is 3.39. The normalized spacial score (nSPS) is 31.4. The Bertz CT molecular complexity index is 335. The van der Waals surface area contributed by atoms with Crippen molar-refractivity contribution in [2.24, 2.45) is 16.8 Å². The van der Waals surface area contributed by atoms with Crippen LogP contribution in [0.5, 0.6) is 0 Å². The Kier molecular flexibility index (Phi) is 5.30. The molecule has 20 heavy (non-hydrogen) atoms. The summed E-state index contributed by atoms with van der Waals surface area (Å²) in [5.41, 5.74) is 0.287. The predicted molar refractivity (Wildman–Crippen MR) is 86.1 cm³/mol. The van der Waals surface area contributed by atoms with E-state index in [4.69, 9.17) is 0 Å². The van der Waals surface area contributed by atoms with Crippen molar-refractivity contribution in [3.63, 3.8) is 0 Å². The molecule has 0 aliphatic heterocycles. The maximum atomic E-state index is 4.36. The molecule has 2 saturated carbocycles. The molecule has 0 aromatic carbocycles. The number of hydrogen-bond acceptors (Lipinski definition) is 2. The van der Waals surface area contributed by atoms with Crippen LogP contribution in [0, 0.1) is 11.8 Å². The highest BCUT2D eigenvalue weighted by Gasteiger charge is 2.37. The second kappa shape index (κ2) is 6.79. The molecule has 0 aromatic rings. The summed E-state index contributed by atoms with van der Waals surface area (Å²) in [6.07, 6.45) is 8.05. The first kappa shape index (κ1) is 15.6. The zero-order chi connectivity index (χ0) is 14.6. The van der Waals surface area contributed by atoms with Crippen LogP contribution in [-0.4, -0.2) is 50.6 Å². The third-order valence-electron chi connectivity index (χ3n) is 5.08. The van der Waals surface area contributed by atoms with Crippen LogP contribution in [0.15, 0.2) is 4.99 Å². The average molecular weight is 280 g/mol. The van der Waals surface area contributed by atoms with Gasteiger partial charge in [0.25, 0.3) is 0 Å². The number of aliphatic imine (C=N–C) groups is 1. The van der Waals surface area contributed by atoms with E-state index in [2.05, 4.69) is 41.5 Å². The molecule has 2 rings (SSSR count). The zero-order valence-corrected chi connectivity index (χ0v) is 13.7.